The van der Waals surface area contributed by atoms with E-state index in [1.807, 2.05) is 32.9 Å². The summed E-state index contributed by atoms with van der Waals surface area (Å²) >= 11 is 0. The van der Waals surface area contributed by atoms with Crippen molar-refractivity contribution < 1.29 is 0 Å². The largest absolute Gasteiger partial charge is 0.370 e. The summed E-state index contributed by atoms with van der Waals surface area (Å²) in [5.74, 6) is 0.925. The van der Waals surface area contributed by atoms with Crippen molar-refractivity contribution >= 4 is 11.9 Å². The summed E-state index contributed by atoms with van der Waals surface area (Å²) in [7, 11) is 0. The molecule has 1 aromatic heterocycles. The number of anilines is 1. The predicted octanol–water partition coefficient (Wildman–Crippen LogP) is 3.78. The fraction of sp³-hybridized carbons (Fsp3) is 0.444. The third-order valence-electron chi connectivity index (χ3n) is 3.94. The molecular weight excluding hydrogens is 272 g/mol. The Hall–Kier alpha value is -2.10. The predicted molar refractivity (Wildman–Crippen MR) is 93.6 cm³/mol. The standard InChI is InChI=1S/C18H26N4/c1-5-8-14(3)22-11-7-10-16(12-22)21-18-17(9-6-2)15(4)19-13-20-18/h5-6,8-9,13,16H,3,7,10-12H2,1-2,4H3,(H,19,20,21)/b8-5+,9-6-. The zero-order valence-corrected chi connectivity index (χ0v) is 13.8. The van der Waals surface area contributed by atoms with E-state index in [9.17, 15) is 0 Å². The van der Waals surface area contributed by atoms with Gasteiger partial charge in [-0.25, -0.2) is 9.97 Å². The first-order valence-corrected chi connectivity index (χ1v) is 7.93. The fourth-order valence-electron chi connectivity index (χ4n) is 2.81. The number of aryl methyl sites for hydroxylation is 1. The molecule has 0 radical (unpaired) electrons. The molecule has 1 saturated heterocycles. The Balaban J connectivity index is 2.11. The molecule has 1 aliphatic heterocycles. The number of nitrogens with zero attached hydrogens (tertiary/aromatic N) is 3. The van der Waals surface area contributed by atoms with Crippen molar-refractivity contribution in [2.24, 2.45) is 0 Å². The zero-order valence-electron chi connectivity index (χ0n) is 13.8. The minimum absolute atomic E-state index is 0.383. The van der Waals surface area contributed by atoms with E-state index in [2.05, 4.69) is 38.9 Å². The lowest BCUT2D eigenvalue weighted by Crippen LogP contribution is -2.41. The van der Waals surface area contributed by atoms with E-state index in [4.69, 9.17) is 0 Å². The maximum Gasteiger partial charge on any atom is 0.137 e. The minimum Gasteiger partial charge on any atom is -0.370 e. The van der Waals surface area contributed by atoms with E-state index < -0.39 is 0 Å². The summed E-state index contributed by atoms with van der Waals surface area (Å²) in [6.07, 6.45) is 12.1. The van der Waals surface area contributed by atoms with Gasteiger partial charge in [-0.05, 0) is 39.7 Å². The minimum atomic E-state index is 0.383. The Morgan fingerprint density at radius 3 is 2.91 bits per heavy atom. The quantitative estimate of drug-likeness (QED) is 0.840. The maximum atomic E-state index is 4.43. The Morgan fingerprint density at radius 1 is 1.36 bits per heavy atom. The highest BCUT2D eigenvalue weighted by Gasteiger charge is 2.21. The summed E-state index contributed by atoms with van der Waals surface area (Å²) in [5, 5.41) is 3.59. The van der Waals surface area contributed by atoms with Gasteiger partial charge >= 0.3 is 0 Å². The molecule has 2 rings (SSSR count). The van der Waals surface area contributed by atoms with E-state index in [-0.39, 0.29) is 0 Å². The number of aromatic nitrogens is 2. The van der Waals surface area contributed by atoms with Gasteiger partial charge in [-0.1, -0.05) is 24.8 Å². The van der Waals surface area contributed by atoms with Gasteiger partial charge in [0.25, 0.3) is 0 Å². The second-order valence-corrected chi connectivity index (χ2v) is 5.64. The van der Waals surface area contributed by atoms with Gasteiger partial charge in [0, 0.05) is 30.4 Å². The molecule has 1 atom stereocenters. The molecule has 4 nitrogen and oxygen atoms in total. The van der Waals surface area contributed by atoms with Gasteiger partial charge in [-0.15, -0.1) is 0 Å². The van der Waals surface area contributed by atoms with Crippen LogP contribution in [0.5, 0.6) is 0 Å². The van der Waals surface area contributed by atoms with E-state index in [1.54, 1.807) is 6.33 Å². The molecule has 118 valence electrons. The lowest BCUT2D eigenvalue weighted by molar-refractivity contribution is 0.276. The summed E-state index contributed by atoms with van der Waals surface area (Å²) in [5.41, 5.74) is 3.16. The summed E-state index contributed by atoms with van der Waals surface area (Å²) in [4.78, 5) is 11.1. The van der Waals surface area contributed by atoms with Crippen LogP contribution in [0.25, 0.3) is 6.08 Å². The normalized spacial score (nSPS) is 19.0. The smallest absolute Gasteiger partial charge is 0.137 e. The monoisotopic (exact) mass is 298 g/mol. The second kappa shape index (κ2) is 7.78. The van der Waals surface area contributed by atoms with Gasteiger partial charge in [0.2, 0.25) is 0 Å². The number of rotatable bonds is 5. The Morgan fingerprint density at radius 2 is 2.18 bits per heavy atom. The maximum absolute atomic E-state index is 4.43. The molecular formula is C18H26N4. The Kier molecular flexibility index (Phi) is 5.75. The molecule has 1 unspecified atom stereocenters. The molecule has 2 heterocycles. The highest BCUT2D eigenvalue weighted by Crippen LogP contribution is 2.22. The highest BCUT2D eigenvalue weighted by atomic mass is 15.2. The molecule has 1 fully saturated rings. The average Bonchev–Trinajstić information content (AvgIpc) is 2.51. The van der Waals surface area contributed by atoms with Crippen LogP contribution in [0, 0.1) is 6.92 Å². The zero-order chi connectivity index (χ0) is 15.9. The van der Waals surface area contributed by atoms with Gasteiger partial charge in [0.05, 0.1) is 5.69 Å². The summed E-state index contributed by atoms with van der Waals surface area (Å²) in [6, 6.07) is 0.383. The molecule has 0 aromatic carbocycles. The van der Waals surface area contributed by atoms with Gasteiger partial charge in [-0.2, -0.15) is 0 Å². The molecule has 22 heavy (non-hydrogen) atoms. The number of hydrogen-bond donors (Lipinski definition) is 1. The molecule has 0 bridgehead atoms. The molecule has 0 aliphatic carbocycles. The van der Waals surface area contributed by atoms with E-state index in [1.165, 1.54) is 0 Å². The van der Waals surface area contributed by atoms with Crippen LogP contribution in [0.3, 0.4) is 0 Å². The van der Waals surface area contributed by atoms with E-state index in [0.29, 0.717) is 6.04 Å². The van der Waals surface area contributed by atoms with Crippen LogP contribution in [0.2, 0.25) is 0 Å². The third kappa shape index (κ3) is 3.97. The summed E-state index contributed by atoms with van der Waals surface area (Å²) < 4.78 is 0. The van der Waals surface area contributed by atoms with Crippen LogP contribution in [0.15, 0.2) is 36.8 Å². The van der Waals surface area contributed by atoms with Crippen LogP contribution in [-0.2, 0) is 0 Å². The van der Waals surface area contributed by atoms with E-state index >= 15 is 0 Å². The molecule has 0 amide bonds. The van der Waals surface area contributed by atoms with Crippen molar-refractivity contribution in [3.8, 4) is 0 Å². The van der Waals surface area contributed by atoms with Crippen LogP contribution in [-0.4, -0.2) is 34.0 Å². The third-order valence-corrected chi connectivity index (χ3v) is 3.94. The van der Waals surface area contributed by atoms with Crippen molar-refractivity contribution in [2.75, 3.05) is 18.4 Å². The van der Waals surface area contributed by atoms with Crippen LogP contribution < -0.4 is 5.32 Å². The van der Waals surface area contributed by atoms with E-state index in [0.717, 1.165) is 48.7 Å². The molecule has 4 heteroatoms. The Bertz CT molecular complexity index is 574. The number of allylic oxidation sites excluding steroid dienone is 3. The number of hydrogen-bond acceptors (Lipinski definition) is 4. The average molecular weight is 298 g/mol. The van der Waals surface area contributed by atoms with Gasteiger partial charge in [0.15, 0.2) is 0 Å². The lowest BCUT2D eigenvalue weighted by atomic mass is 10.0. The van der Waals surface area contributed by atoms with Crippen LogP contribution >= 0.6 is 0 Å². The SMILES string of the molecule is C=C(/C=C/C)N1CCCC(Nc2ncnc(C)c2/C=C\C)C1. The fourth-order valence-corrected chi connectivity index (χ4v) is 2.81. The van der Waals surface area contributed by atoms with Crippen LogP contribution in [0.4, 0.5) is 5.82 Å². The van der Waals surface area contributed by atoms with Crippen molar-refractivity contribution in [2.45, 2.75) is 39.7 Å². The molecule has 0 spiro atoms. The van der Waals surface area contributed by atoms with Crippen molar-refractivity contribution in [3.05, 3.63) is 48.1 Å². The first-order chi connectivity index (χ1) is 10.7. The van der Waals surface area contributed by atoms with Gasteiger partial charge in [0.1, 0.15) is 12.1 Å². The van der Waals surface area contributed by atoms with Crippen LogP contribution in [0.1, 0.15) is 37.9 Å². The Labute approximate surface area is 133 Å². The van der Waals surface area contributed by atoms with Crippen molar-refractivity contribution in [1.29, 1.82) is 0 Å². The van der Waals surface area contributed by atoms with Crippen molar-refractivity contribution in [3.63, 3.8) is 0 Å². The second-order valence-electron chi connectivity index (χ2n) is 5.64. The first-order valence-electron chi connectivity index (χ1n) is 7.93. The molecule has 0 saturated carbocycles. The number of likely N-dealkylation sites (tertiary alicyclic amines) is 1. The van der Waals surface area contributed by atoms with Crippen molar-refractivity contribution in [1.82, 2.24) is 14.9 Å². The highest BCUT2D eigenvalue weighted by molar-refractivity contribution is 5.64. The molecule has 1 aromatic rings. The number of nitrogens with one attached hydrogen (secondary N) is 1. The topological polar surface area (TPSA) is 41.0 Å². The van der Waals surface area contributed by atoms with Gasteiger partial charge < -0.3 is 10.2 Å². The number of piperidine rings is 1. The first kappa shape index (κ1) is 16.3. The lowest BCUT2D eigenvalue weighted by Gasteiger charge is -2.35. The van der Waals surface area contributed by atoms with Gasteiger partial charge in [-0.3, -0.25) is 0 Å². The summed E-state index contributed by atoms with van der Waals surface area (Å²) in [6.45, 7) is 12.2. The molecule has 1 aliphatic rings. The molecule has 1 N–H and O–H groups in total.